The maximum atomic E-state index is 13.5. The van der Waals surface area contributed by atoms with Crippen LogP contribution in [0.1, 0.15) is 55.2 Å². The number of aryl methyl sites for hydroxylation is 2. The number of piperidine rings is 1. The van der Waals surface area contributed by atoms with Gasteiger partial charge in [-0.15, -0.1) is 0 Å². The van der Waals surface area contributed by atoms with Gasteiger partial charge >= 0.3 is 0 Å². The zero-order valence-corrected chi connectivity index (χ0v) is 26.7. The first-order valence-corrected chi connectivity index (χ1v) is 16.1. The molecular formula is C37H48N2O5. The molecule has 3 aromatic carbocycles. The predicted molar refractivity (Wildman–Crippen MR) is 174 cm³/mol. The molecule has 1 saturated heterocycles. The Balaban J connectivity index is 1.25. The van der Waals surface area contributed by atoms with Gasteiger partial charge in [0.25, 0.3) is 0 Å². The zero-order valence-electron chi connectivity index (χ0n) is 26.7. The number of benzene rings is 3. The molecule has 1 spiro atoms. The fraction of sp³-hybridized carbons (Fsp3) is 0.486. The second-order valence-corrected chi connectivity index (χ2v) is 12.2. The van der Waals surface area contributed by atoms with Crippen LogP contribution in [0, 0.1) is 5.41 Å². The second-order valence-electron chi connectivity index (χ2n) is 12.2. The number of hydrogen-bond donors (Lipinski definition) is 0. The van der Waals surface area contributed by atoms with Crippen LogP contribution in [0.5, 0.6) is 23.0 Å². The van der Waals surface area contributed by atoms with Crippen LogP contribution in [-0.4, -0.2) is 69.8 Å². The quantitative estimate of drug-likeness (QED) is 0.292. The first-order chi connectivity index (χ1) is 21.5. The molecule has 1 amide bonds. The topological polar surface area (TPSA) is 60.5 Å². The number of fused-ring (bicyclic) bond motifs is 1. The Morgan fingerprint density at radius 1 is 0.818 bits per heavy atom. The van der Waals surface area contributed by atoms with Crippen molar-refractivity contribution in [1.82, 2.24) is 9.80 Å². The molecule has 1 fully saturated rings. The van der Waals surface area contributed by atoms with Gasteiger partial charge < -0.3 is 23.8 Å². The Bertz CT molecular complexity index is 1350. The highest BCUT2D eigenvalue weighted by atomic mass is 16.5. The van der Waals surface area contributed by atoms with Crippen molar-refractivity contribution in [3.05, 3.63) is 83.4 Å². The molecule has 2 aliphatic heterocycles. The van der Waals surface area contributed by atoms with Crippen molar-refractivity contribution in [2.45, 2.75) is 57.9 Å². The van der Waals surface area contributed by atoms with Crippen molar-refractivity contribution in [2.24, 2.45) is 5.41 Å². The molecule has 44 heavy (non-hydrogen) atoms. The van der Waals surface area contributed by atoms with E-state index in [1.807, 2.05) is 12.1 Å². The molecule has 0 aromatic heterocycles. The molecule has 0 radical (unpaired) electrons. The first kappa shape index (κ1) is 31.7. The van der Waals surface area contributed by atoms with E-state index in [1.165, 1.54) is 24.0 Å². The van der Waals surface area contributed by atoms with Crippen LogP contribution < -0.4 is 18.9 Å². The summed E-state index contributed by atoms with van der Waals surface area (Å²) in [6.45, 7) is 5.09. The summed E-state index contributed by atoms with van der Waals surface area (Å²) >= 11 is 0. The van der Waals surface area contributed by atoms with Gasteiger partial charge in [0.15, 0.2) is 11.5 Å². The maximum absolute atomic E-state index is 13.5. The van der Waals surface area contributed by atoms with Crippen molar-refractivity contribution in [2.75, 3.05) is 54.1 Å². The highest BCUT2D eigenvalue weighted by Crippen LogP contribution is 2.41. The lowest BCUT2D eigenvalue weighted by atomic mass is 9.73. The number of amides is 1. The van der Waals surface area contributed by atoms with Gasteiger partial charge in [0.2, 0.25) is 11.7 Å². The third kappa shape index (κ3) is 7.86. The minimum Gasteiger partial charge on any atom is -0.493 e. The van der Waals surface area contributed by atoms with E-state index in [4.69, 9.17) is 18.9 Å². The van der Waals surface area contributed by atoms with E-state index in [0.29, 0.717) is 36.7 Å². The number of para-hydroxylation sites is 1. The van der Waals surface area contributed by atoms with Gasteiger partial charge in [-0.1, -0.05) is 61.0 Å². The number of rotatable bonds is 8. The Hall–Kier alpha value is -3.71. The molecule has 5 rings (SSSR count). The van der Waals surface area contributed by atoms with Gasteiger partial charge in [-0.3, -0.25) is 9.69 Å². The van der Waals surface area contributed by atoms with E-state index in [0.717, 1.165) is 69.7 Å². The molecule has 0 bridgehead atoms. The fourth-order valence-corrected chi connectivity index (χ4v) is 6.96. The van der Waals surface area contributed by atoms with Crippen molar-refractivity contribution in [3.63, 3.8) is 0 Å². The Kier molecular flexibility index (Phi) is 11.1. The van der Waals surface area contributed by atoms with E-state index in [9.17, 15) is 4.79 Å². The summed E-state index contributed by atoms with van der Waals surface area (Å²) in [6.07, 6.45) is 7.65. The number of nitrogens with zero attached hydrogens (tertiary/aromatic N) is 2. The number of ether oxygens (including phenoxy) is 4. The molecule has 2 aliphatic rings. The average Bonchev–Trinajstić information content (AvgIpc) is 3.06. The smallest absolute Gasteiger partial charge is 0.222 e. The summed E-state index contributed by atoms with van der Waals surface area (Å²) in [5.41, 5.74) is 3.78. The standard InChI is InChI=1S/C37H48N2O5/c1-41-33-18-16-31(35(42-2)36(33)43-3)17-19-34(40)39-23-21-37(22-24-39)20-10-9-14-30-13-7-8-15-32(30)44-26-25-38(28-37)27-29-11-5-4-6-12-29/h4-8,11-13,15-16,18H,9-10,14,17,19-28H2,1-3H3. The largest absolute Gasteiger partial charge is 0.493 e. The third-order valence-corrected chi connectivity index (χ3v) is 9.42. The second kappa shape index (κ2) is 15.3. The monoisotopic (exact) mass is 600 g/mol. The van der Waals surface area contributed by atoms with Gasteiger partial charge in [0.1, 0.15) is 12.4 Å². The maximum Gasteiger partial charge on any atom is 0.222 e. The van der Waals surface area contributed by atoms with Crippen molar-refractivity contribution in [1.29, 1.82) is 0 Å². The molecule has 0 saturated carbocycles. The van der Waals surface area contributed by atoms with Crippen molar-refractivity contribution >= 4 is 5.91 Å². The summed E-state index contributed by atoms with van der Waals surface area (Å²) in [4.78, 5) is 18.1. The Morgan fingerprint density at radius 3 is 2.32 bits per heavy atom. The zero-order chi connectivity index (χ0) is 30.8. The summed E-state index contributed by atoms with van der Waals surface area (Å²) in [7, 11) is 4.84. The van der Waals surface area contributed by atoms with Gasteiger partial charge in [-0.25, -0.2) is 0 Å². The normalized spacial score (nSPS) is 17.5. The Morgan fingerprint density at radius 2 is 1.57 bits per heavy atom. The van der Waals surface area contributed by atoms with Crippen LogP contribution in [0.25, 0.3) is 0 Å². The van der Waals surface area contributed by atoms with Crippen LogP contribution in [0.4, 0.5) is 0 Å². The van der Waals surface area contributed by atoms with E-state index < -0.39 is 0 Å². The Labute approximate surface area is 263 Å². The van der Waals surface area contributed by atoms with E-state index in [2.05, 4.69) is 64.4 Å². The lowest BCUT2D eigenvalue weighted by Gasteiger charge is -2.45. The molecule has 7 nitrogen and oxygen atoms in total. The third-order valence-electron chi connectivity index (χ3n) is 9.42. The first-order valence-electron chi connectivity index (χ1n) is 16.1. The van der Waals surface area contributed by atoms with Gasteiger partial charge in [-0.05, 0) is 72.8 Å². The van der Waals surface area contributed by atoms with E-state index in [-0.39, 0.29) is 11.3 Å². The molecule has 0 atom stereocenters. The molecule has 3 aromatic rings. The number of methoxy groups -OCH3 is 3. The van der Waals surface area contributed by atoms with Gasteiger partial charge in [-0.2, -0.15) is 0 Å². The molecule has 7 heteroatoms. The van der Waals surface area contributed by atoms with Crippen LogP contribution >= 0.6 is 0 Å². The molecule has 0 aliphatic carbocycles. The lowest BCUT2D eigenvalue weighted by molar-refractivity contribution is -0.133. The van der Waals surface area contributed by atoms with Crippen LogP contribution in [-0.2, 0) is 24.2 Å². The molecule has 0 unspecified atom stereocenters. The molecular weight excluding hydrogens is 552 g/mol. The number of carbonyl (C=O) groups is 1. The summed E-state index contributed by atoms with van der Waals surface area (Å²) in [5.74, 6) is 3.05. The summed E-state index contributed by atoms with van der Waals surface area (Å²) in [5, 5.41) is 0. The van der Waals surface area contributed by atoms with Crippen molar-refractivity contribution in [3.8, 4) is 23.0 Å². The van der Waals surface area contributed by atoms with E-state index in [1.54, 1.807) is 21.3 Å². The lowest BCUT2D eigenvalue weighted by Crippen LogP contribution is -2.48. The minimum atomic E-state index is 0.191. The predicted octanol–water partition coefficient (Wildman–Crippen LogP) is 6.56. The molecule has 0 N–H and O–H groups in total. The summed E-state index contributed by atoms with van der Waals surface area (Å²) < 4.78 is 23.0. The number of likely N-dealkylation sites (tertiary alicyclic amines) is 1. The van der Waals surface area contributed by atoms with Gasteiger partial charge in [0.05, 0.1) is 21.3 Å². The highest BCUT2D eigenvalue weighted by molar-refractivity contribution is 5.76. The fourth-order valence-electron chi connectivity index (χ4n) is 6.96. The van der Waals surface area contributed by atoms with Crippen LogP contribution in [0.15, 0.2) is 66.7 Å². The number of carbonyl (C=O) groups excluding carboxylic acids is 1. The SMILES string of the molecule is COc1ccc(CCC(=O)N2CCC3(CCCCc4ccccc4OCCN(Cc4ccccc4)C3)CC2)c(OC)c1OC. The van der Waals surface area contributed by atoms with Crippen molar-refractivity contribution < 1.29 is 23.7 Å². The number of hydrogen-bond acceptors (Lipinski definition) is 6. The molecule has 2 heterocycles. The molecule has 236 valence electrons. The summed E-state index contributed by atoms with van der Waals surface area (Å²) in [6, 6.07) is 23.1. The van der Waals surface area contributed by atoms with E-state index >= 15 is 0 Å². The highest BCUT2D eigenvalue weighted by Gasteiger charge is 2.37. The minimum absolute atomic E-state index is 0.191. The van der Waals surface area contributed by atoms with Crippen LogP contribution in [0.3, 0.4) is 0 Å². The average molecular weight is 601 g/mol. The van der Waals surface area contributed by atoms with Crippen LogP contribution in [0.2, 0.25) is 0 Å². The van der Waals surface area contributed by atoms with Gasteiger partial charge in [0, 0.05) is 39.1 Å².